The smallest absolute Gasteiger partial charge is 0.234 e. The number of sulfone groups is 1. The lowest BCUT2D eigenvalue weighted by atomic mass is 10.2. The highest BCUT2D eigenvalue weighted by Crippen LogP contribution is 2.35. The molecule has 1 heterocycles. The van der Waals surface area contributed by atoms with Crippen molar-refractivity contribution in [2.75, 3.05) is 5.32 Å². The van der Waals surface area contributed by atoms with Crippen molar-refractivity contribution in [3.05, 3.63) is 59.1 Å². The molecule has 7 heteroatoms. The van der Waals surface area contributed by atoms with E-state index >= 15 is 0 Å². The Labute approximate surface area is 154 Å². The minimum atomic E-state index is -3.76. The van der Waals surface area contributed by atoms with Crippen LogP contribution in [-0.4, -0.2) is 19.4 Å². The van der Waals surface area contributed by atoms with Crippen molar-refractivity contribution in [3.8, 4) is 11.5 Å². The first kappa shape index (κ1) is 16.4. The maximum Gasteiger partial charge on any atom is 0.234 e. The first-order valence-electron chi connectivity index (χ1n) is 7.87. The van der Waals surface area contributed by atoms with E-state index in [0.717, 1.165) is 22.9 Å². The van der Waals surface area contributed by atoms with Crippen LogP contribution in [-0.2, 0) is 9.84 Å². The van der Waals surface area contributed by atoms with Gasteiger partial charge in [0.2, 0.25) is 26.6 Å². The van der Waals surface area contributed by atoms with Crippen molar-refractivity contribution in [1.82, 2.24) is 4.98 Å². The van der Waals surface area contributed by atoms with Crippen LogP contribution >= 0.6 is 15.9 Å². The van der Waals surface area contributed by atoms with Crippen LogP contribution in [0.2, 0.25) is 0 Å². The van der Waals surface area contributed by atoms with E-state index < -0.39 is 9.84 Å². The van der Waals surface area contributed by atoms with Crippen LogP contribution in [0.25, 0.3) is 11.5 Å². The Bertz CT molecular complexity index is 995. The van der Waals surface area contributed by atoms with Crippen LogP contribution in [0, 0.1) is 0 Å². The largest absolute Gasteiger partial charge is 0.419 e. The highest BCUT2D eigenvalue weighted by Gasteiger charge is 2.32. The van der Waals surface area contributed by atoms with Crippen LogP contribution in [0.15, 0.2) is 73.4 Å². The Balaban J connectivity index is 1.81. The average molecular weight is 419 g/mol. The monoisotopic (exact) mass is 418 g/mol. The molecule has 0 atom stereocenters. The minimum Gasteiger partial charge on any atom is -0.419 e. The number of nitrogens with one attached hydrogen (secondary N) is 1. The Hall–Kier alpha value is -2.12. The standard InChI is InChI=1S/C18H15BrN2O3S/c19-13-8-6-12(7-9-13)16-21-18(17(24-16)20-14-10-11-14)25(22,23)15-4-2-1-3-5-15/h1-9,14,20H,10-11H2. The lowest BCUT2D eigenvalue weighted by molar-refractivity contribution is 0.576. The van der Waals surface area contributed by atoms with Gasteiger partial charge in [0.1, 0.15) is 0 Å². The molecule has 1 aliphatic rings. The summed E-state index contributed by atoms with van der Waals surface area (Å²) in [5, 5.41) is 3.08. The summed E-state index contributed by atoms with van der Waals surface area (Å²) >= 11 is 3.38. The molecular formula is C18H15BrN2O3S. The maximum absolute atomic E-state index is 13.0. The Morgan fingerprint density at radius 1 is 1.04 bits per heavy atom. The van der Waals surface area contributed by atoms with Crippen LogP contribution in [0.4, 0.5) is 5.88 Å². The number of halogens is 1. The third kappa shape index (κ3) is 3.34. The van der Waals surface area contributed by atoms with Crippen LogP contribution in [0.3, 0.4) is 0 Å². The number of nitrogens with zero attached hydrogens (tertiary/aromatic N) is 1. The number of anilines is 1. The van der Waals surface area contributed by atoms with Crippen LogP contribution < -0.4 is 5.32 Å². The maximum atomic E-state index is 13.0. The van der Waals surface area contributed by atoms with E-state index in [1.54, 1.807) is 30.3 Å². The molecule has 0 radical (unpaired) electrons. The summed E-state index contributed by atoms with van der Waals surface area (Å²) in [4.78, 5) is 4.51. The summed E-state index contributed by atoms with van der Waals surface area (Å²) in [6, 6.07) is 15.9. The molecule has 0 aliphatic heterocycles. The number of hydrogen-bond acceptors (Lipinski definition) is 5. The van der Waals surface area contributed by atoms with Gasteiger partial charge in [0, 0.05) is 16.1 Å². The quantitative estimate of drug-likeness (QED) is 0.659. The fraction of sp³-hybridized carbons (Fsp3) is 0.167. The van der Waals surface area contributed by atoms with Crippen molar-refractivity contribution in [1.29, 1.82) is 0 Å². The van der Waals surface area contributed by atoms with Gasteiger partial charge in [-0.25, -0.2) is 8.42 Å². The van der Waals surface area contributed by atoms with E-state index in [1.165, 1.54) is 0 Å². The molecule has 5 nitrogen and oxygen atoms in total. The molecule has 128 valence electrons. The molecule has 1 saturated carbocycles. The zero-order valence-corrected chi connectivity index (χ0v) is 15.5. The van der Waals surface area contributed by atoms with Gasteiger partial charge in [0.05, 0.1) is 4.90 Å². The van der Waals surface area contributed by atoms with Crippen molar-refractivity contribution >= 4 is 31.7 Å². The lowest BCUT2D eigenvalue weighted by Crippen LogP contribution is -2.08. The number of oxazole rings is 1. The van der Waals surface area contributed by atoms with Crippen molar-refractivity contribution in [2.24, 2.45) is 0 Å². The van der Waals surface area contributed by atoms with E-state index in [4.69, 9.17) is 4.42 Å². The minimum absolute atomic E-state index is 0.0662. The fourth-order valence-electron chi connectivity index (χ4n) is 2.42. The Morgan fingerprint density at radius 3 is 2.36 bits per heavy atom. The molecule has 1 fully saturated rings. The molecule has 1 aliphatic carbocycles. The normalized spacial score (nSPS) is 14.4. The zero-order valence-electron chi connectivity index (χ0n) is 13.1. The molecule has 0 saturated heterocycles. The molecule has 0 bridgehead atoms. The molecule has 1 N–H and O–H groups in total. The van der Waals surface area contributed by atoms with Gasteiger partial charge in [0.15, 0.2) is 0 Å². The van der Waals surface area contributed by atoms with Crippen LogP contribution in [0.5, 0.6) is 0 Å². The summed E-state index contributed by atoms with van der Waals surface area (Å²) in [6.45, 7) is 0. The van der Waals surface area contributed by atoms with E-state index in [1.807, 2.05) is 24.3 Å². The second-order valence-corrected chi connectivity index (χ2v) is 8.68. The second kappa shape index (κ2) is 6.31. The van der Waals surface area contributed by atoms with Gasteiger partial charge in [-0.2, -0.15) is 4.98 Å². The Morgan fingerprint density at radius 2 is 1.72 bits per heavy atom. The number of aromatic nitrogens is 1. The highest BCUT2D eigenvalue weighted by atomic mass is 79.9. The molecule has 0 unspecified atom stereocenters. The molecule has 1 aromatic heterocycles. The number of benzene rings is 2. The summed E-state index contributed by atoms with van der Waals surface area (Å²) in [5.41, 5.74) is 0.719. The Kier molecular flexibility index (Phi) is 4.13. The first-order valence-corrected chi connectivity index (χ1v) is 10.1. The van der Waals surface area contributed by atoms with E-state index in [9.17, 15) is 8.42 Å². The van der Waals surface area contributed by atoms with Gasteiger partial charge < -0.3 is 9.73 Å². The van der Waals surface area contributed by atoms with Crippen molar-refractivity contribution in [2.45, 2.75) is 28.8 Å². The summed E-state index contributed by atoms with van der Waals surface area (Å²) in [5.74, 6) is 0.495. The van der Waals surface area contributed by atoms with Gasteiger partial charge in [-0.15, -0.1) is 0 Å². The predicted octanol–water partition coefficient (Wildman–Crippen LogP) is 4.51. The van der Waals surface area contributed by atoms with E-state index in [2.05, 4.69) is 26.2 Å². The molecular weight excluding hydrogens is 404 g/mol. The number of rotatable bonds is 5. The molecule has 25 heavy (non-hydrogen) atoms. The van der Waals surface area contributed by atoms with Gasteiger partial charge in [-0.1, -0.05) is 34.1 Å². The van der Waals surface area contributed by atoms with Crippen LogP contribution in [0.1, 0.15) is 12.8 Å². The predicted molar refractivity (Wildman–Crippen MR) is 98.2 cm³/mol. The van der Waals surface area contributed by atoms with Gasteiger partial charge in [0.25, 0.3) is 0 Å². The third-order valence-corrected chi connectivity index (χ3v) is 6.12. The average Bonchev–Trinajstić information content (AvgIpc) is 3.33. The van der Waals surface area contributed by atoms with Gasteiger partial charge in [-0.05, 0) is 49.2 Å². The van der Waals surface area contributed by atoms with Gasteiger partial charge >= 0.3 is 0 Å². The molecule has 0 spiro atoms. The fourth-order valence-corrected chi connectivity index (χ4v) is 3.97. The number of hydrogen-bond donors (Lipinski definition) is 1. The molecule has 2 aromatic carbocycles. The SMILES string of the molecule is O=S(=O)(c1ccccc1)c1nc(-c2ccc(Br)cc2)oc1NC1CC1. The van der Waals surface area contributed by atoms with Crippen molar-refractivity contribution in [3.63, 3.8) is 0 Å². The highest BCUT2D eigenvalue weighted by molar-refractivity contribution is 9.10. The third-order valence-electron chi connectivity index (χ3n) is 3.91. The molecule has 4 rings (SSSR count). The van der Waals surface area contributed by atoms with E-state index in [-0.39, 0.29) is 27.7 Å². The topological polar surface area (TPSA) is 72.2 Å². The summed E-state index contributed by atoms with van der Waals surface area (Å²) in [6.07, 6.45) is 2.00. The van der Waals surface area contributed by atoms with Crippen molar-refractivity contribution < 1.29 is 12.8 Å². The molecule has 0 amide bonds. The summed E-state index contributed by atoms with van der Waals surface area (Å²) in [7, 11) is -3.76. The molecule has 3 aromatic rings. The lowest BCUT2D eigenvalue weighted by Gasteiger charge is -2.04. The van der Waals surface area contributed by atoms with E-state index in [0.29, 0.717) is 0 Å². The van der Waals surface area contributed by atoms with Gasteiger partial charge in [-0.3, -0.25) is 0 Å². The zero-order chi connectivity index (χ0) is 17.4. The second-order valence-electron chi connectivity index (χ2n) is 5.90. The summed E-state index contributed by atoms with van der Waals surface area (Å²) < 4.78 is 32.7. The first-order chi connectivity index (χ1) is 12.0.